The maximum atomic E-state index is 12.5. The summed E-state index contributed by atoms with van der Waals surface area (Å²) in [7, 11) is -3.54. The number of fused-ring (bicyclic) bond motifs is 1. The number of rotatable bonds is 5. The predicted octanol–water partition coefficient (Wildman–Crippen LogP) is 1.25. The largest absolute Gasteiger partial charge is 0.330 e. The summed E-state index contributed by atoms with van der Waals surface area (Å²) in [4.78, 5) is 4.45. The number of sulfonamides is 1. The Morgan fingerprint density at radius 1 is 1.25 bits per heavy atom. The van der Waals surface area contributed by atoms with Gasteiger partial charge in [-0.05, 0) is 49.1 Å². The van der Waals surface area contributed by atoms with Gasteiger partial charge in [-0.2, -0.15) is 0 Å². The van der Waals surface area contributed by atoms with Crippen LogP contribution in [0.1, 0.15) is 12.8 Å². The van der Waals surface area contributed by atoms with Gasteiger partial charge in [0.1, 0.15) is 0 Å². The molecule has 0 amide bonds. The molecule has 1 aliphatic rings. The molecule has 20 heavy (non-hydrogen) atoms. The molecule has 6 heteroatoms. The summed E-state index contributed by atoms with van der Waals surface area (Å²) < 4.78 is 27.6. The van der Waals surface area contributed by atoms with E-state index in [2.05, 4.69) is 9.71 Å². The van der Waals surface area contributed by atoms with Gasteiger partial charge in [0.05, 0.1) is 10.4 Å². The highest BCUT2D eigenvalue weighted by Crippen LogP contribution is 2.44. The summed E-state index contributed by atoms with van der Waals surface area (Å²) in [5.41, 5.74) is 6.33. The predicted molar refractivity (Wildman–Crippen MR) is 77.7 cm³/mol. The zero-order valence-corrected chi connectivity index (χ0v) is 11.9. The highest BCUT2D eigenvalue weighted by Gasteiger charge is 2.41. The van der Waals surface area contributed by atoms with Gasteiger partial charge < -0.3 is 5.73 Å². The monoisotopic (exact) mass is 291 g/mol. The maximum Gasteiger partial charge on any atom is 0.241 e. The van der Waals surface area contributed by atoms with Crippen LogP contribution in [0.2, 0.25) is 0 Å². The highest BCUT2D eigenvalue weighted by molar-refractivity contribution is 7.89. The summed E-state index contributed by atoms with van der Waals surface area (Å²) in [5, 5.41) is 0.639. The molecule has 3 rings (SSSR count). The Kier molecular flexibility index (Phi) is 3.24. The van der Waals surface area contributed by atoms with E-state index in [-0.39, 0.29) is 10.3 Å². The Labute approximate surface area is 118 Å². The average Bonchev–Trinajstić information content (AvgIpc) is 3.25. The minimum atomic E-state index is -3.54. The molecule has 1 aromatic carbocycles. The lowest BCUT2D eigenvalue weighted by Crippen LogP contribution is -2.34. The third-order valence-corrected chi connectivity index (χ3v) is 5.38. The van der Waals surface area contributed by atoms with Crippen molar-refractivity contribution in [3.05, 3.63) is 36.5 Å². The molecule has 0 spiro atoms. The Morgan fingerprint density at radius 2 is 2.05 bits per heavy atom. The first-order valence-corrected chi connectivity index (χ1v) is 8.08. The first kappa shape index (κ1) is 13.5. The number of pyridine rings is 1. The third-order valence-electron chi connectivity index (χ3n) is 3.92. The third kappa shape index (κ3) is 2.42. The van der Waals surface area contributed by atoms with E-state index in [9.17, 15) is 8.42 Å². The first-order chi connectivity index (χ1) is 9.56. The van der Waals surface area contributed by atoms with Crippen LogP contribution in [0.5, 0.6) is 0 Å². The van der Waals surface area contributed by atoms with Crippen molar-refractivity contribution in [2.24, 2.45) is 11.1 Å². The maximum absolute atomic E-state index is 12.5. The van der Waals surface area contributed by atoms with Crippen LogP contribution < -0.4 is 10.5 Å². The molecule has 5 nitrogen and oxygen atoms in total. The standard InChI is InChI=1S/C14H17N3O2S/c15-9-14(6-7-14)10-17-20(18,19)13-5-1-4-12-11(13)3-2-8-16-12/h1-5,8,17H,6-7,9-10,15H2. The van der Waals surface area contributed by atoms with Crippen LogP contribution in [0.15, 0.2) is 41.4 Å². The topological polar surface area (TPSA) is 85.1 Å². The van der Waals surface area contributed by atoms with Crippen LogP contribution in [0.3, 0.4) is 0 Å². The molecule has 2 aromatic rings. The van der Waals surface area contributed by atoms with E-state index < -0.39 is 10.0 Å². The number of nitrogens with two attached hydrogens (primary N) is 1. The van der Waals surface area contributed by atoms with Crippen molar-refractivity contribution in [2.75, 3.05) is 13.1 Å². The molecular weight excluding hydrogens is 274 g/mol. The van der Waals surface area contributed by atoms with Gasteiger partial charge in [-0.3, -0.25) is 4.98 Å². The molecule has 1 heterocycles. The van der Waals surface area contributed by atoms with Crippen LogP contribution in [0.25, 0.3) is 10.9 Å². The highest BCUT2D eigenvalue weighted by atomic mass is 32.2. The number of benzene rings is 1. The Bertz CT molecular complexity index is 734. The molecule has 0 saturated heterocycles. The molecular formula is C14H17N3O2S. The van der Waals surface area contributed by atoms with Gasteiger partial charge in [-0.1, -0.05) is 6.07 Å². The fraction of sp³-hybridized carbons (Fsp3) is 0.357. The van der Waals surface area contributed by atoms with Gasteiger partial charge in [0.15, 0.2) is 0 Å². The molecule has 106 valence electrons. The molecule has 1 saturated carbocycles. The van der Waals surface area contributed by atoms with Crippen molar-refractivity contribution in [3.63, 3.8) is 0 Å². The van der Waals surface area contributed by atoms with Crippen LogP contribution >= 0.6 is 0 Å². The van der Waals surface area contributed by atoms with Crippen molar-refractivity contribution in [2.45, 2.75) is 17.7 Å². The van der Waals surface area contributed by atoms with Crippen LogP contribution in [0.4, 0.5) is 0 Å². The lowest BCUT2D eigenvalue weighted by Gasteiger charge is -2.14. The minimum absolute atomic E-state index is 0.0318. The van der Waals surface area contributed by atoms with Crippen LogP contribution in [-0.2, 0) is 10.0 Å². The summed E-state index contributed by atoms with van der Waals surface area (Å²) in [5.74, 6) is 0. The Balaban J connectivity index is 1.93. The molecule has 0 aliphatic heterocycles. The van der Waals surface area contributed by atoms with E-state index in [1.165, 1.54) is 0 Å². The molecule has 0 unspecified atom stereocenters. The average molecular weight is 291 g/mol. The Morgan fingerprint density at radius 3 is 2.75 bits per heavy atom. The molecule has 1 aromatic heterocycles. The van der Waals surface area contributed by atoms with Gasteiger partial charge in [-0.25, -0.2) is 13.1 Å². The number of aromatic nitrogens is 1. The van der Waals surface area contributed by atoms with E-state index in [1.54, 1.807) is 36.5 Å². The van der Waals surface area contributed by atoms with Crippen molar-refractivity contribution in [3.8, 4) is 0 Å². The molecule has 3 N–H and O–H groups in total. The summed E-state index contributed by atoms with van der Waals surface area (Å²) in [6, 6.07) is 8.63. The van der Waals surface area contributed by atoms with E-state index >= 15 is 0 Å². The van der Waals surface area contributed by atoms with E-state index in [0.29, 0.717) is 24.0 Å². The minimum Gasteiger partial charge on any atom is -0.330 e. The zero-order valence-electron chi connectivity index (χ0n) is 11.0. The van der Waals surface area contributed by atoms with Crippen molar-refractivity contribution >= 4 is 20.9 Å². The van der Waals surface area contributed by atoms with Gasteiger partial charge in [0.25, 0.3) is 0 Å². The summed E-state index contributed by atoms with van der Waals surface area (Å²) in [6.07, 6.45) is 3.63. The number of hydrogen-bond donors (Lipinski definition) is 2. The second-order valence-electron chi connectivity index (χ2n) is 5.35. The summed E-state index contributed by atoms with van der Waals surface area (Å²) >= 11 is 0. The number of nitrogens with one attached hydrogen (secondary N) is 1. The number of nitrogens with zero attached hydrogens (tertiary/aromatic N) is 1. The zero-order chi connectivity index (χ0) is 14.2. The molecule has 1 fully saturated rings. The fourth-order valence-electron chi connectivity index (χ4n) is 2.27. The fourth-order valence-corrected chi connectivity index (χ4v) is 3.64. The van der Waals surface area contributed by atoms with E-state index in [0.717, 1.165) is 12.8 Å². The van der Waals surface area contributed by atoms with Crippen LogP contribution in [0, 0.1) is 5.41 Å². The molecule has 0 bridgehead atoms. The Hall–Kier alpha value is -1.50. The van der Waals surface area contributed by atoms with E-state index in [1.807, 2.05) is 0 Å². The van der Waals surface area contributed by atoms with Crippen molar-refractivity contribution in [1.82, 2.24) is 9.71 Å². The molecule has 0 atom stereocenters. The normalized spacial score (nSPS) is 17.2. The van der Waals surface area contributed by atoms with E-state index in [4.69, 9.17) is 5.73 Å². The van der Waals surface area contributed by atoms with Gasteiger partial charge in [-0.15, -0.1) is 0 Å². The van der Waals surface area contributed by atoms with Crippen LogP contribution in [-0.4, -0.2) is 26.5 Å². The number of hydrogen-bond acceptors (Lipinski definition) is 4. The van der Waals surface area contributed by atoms with Gasteiger partial charge in [0.2, 0.25) is 10.0 Å². The lowest BCUT2D eigenvalue weighted by molar-refractivity contribution is 0.501. The molecule has 1 aliphatic carbocycles. The second-order valence-corrected chi connectivity index (χ2v) is 7.09. The first-order valence-electron chi connectivity index (χ1n) is 6.60. The second kappa shape index (κ2) is 4.80. The smallest absolute Gasteiger partial charge is 0.241 e. The molecule has 0 radical (unpaired) electrons. The van der Waals surface area contributed by atoms with Gasteiger partial charge in [0, 0.05) is 18.1 Å². The van der Waals surface area contributed by atoms with Crippen molar-refractivity contribution in [1.29, 1.82) is 0 Å². The lowest BCUT2D eigenvalue weighted by atomic mass is 10.1. The SMILES string of the molecule is NCC1(CNS(=O)(=O)c2cccc3ncccc23)CC1. The van der Waals surface area contributed by atoms with Gasteiger partial charge >= 0.3 is 0 Å². The quantitative estimate of drug-likeness (QED) is 0.868. The summed E-state index contributed by atoms with van der Waals surface area (Å²) in [6.45, 7) is 0.926. The van der Waals surface area contributed by atoms with Crippen molar-refractivity contribution < 1.29 is 8.42 Å².